The van der Waals surface area contributed by atoms with Crippen molar-refractivity contribution in [2.75, 3.05) is 0 Å². The highest BCUT2D eigenvalue weighted by atomic mass is 19.1. The summed E-state index contributed by atoms with van der Waals surface area (Å²) in [6.07, 6.45) is 3.60. The van der Waals surface area contributed by atoms with E-state index >= 15 is 0 Å². The van der Waals surface area contributed by atoms with Crippen LogP contribution in [0.5, 0.6) is 0 Å². The number of halogens is 1. The normalized spacial score (nSPS) is 22.4. The van der Waals surface area contributed by atoms with Crippen molar-refractivity contribution >= 4 is 5.78 Å². The van der Waals surface area contributed by atoms with Gasteiger partial charge in [-0.25, -0.2) is 4.39 Å². The van der Waals surface area contributed by atoms with Gasteiger partial charge in [0.2, 0.25) is 0 Å². The van der Waals surface area contributed by atoms with Gasteiger partial charge in [0.1, 0.15) is 11.6 Å². The van der Waals surface area contributed by atoms with E-state index in [1.807, 2.05) is 6.07 Å². The second-order valence-electron chi connectivity index (χ2n) is 3.82. The molecule has 1 aromatic rings. The van der Waals surface area contributed by atoms with Crippen molar-refractivity contribution in [1.82, 2.24) is 0 Å². The Bertz CT molecular complexity index is 346. The highest BCUT2D eigenvalue weighted by Crippen LogP contribution is 2.29. The molecule has 1 aliphatic rings. The van der Waals surface area contributed by atoms with Crippen molar-refractivity contribution in [3.05, 3.63) is 35.6 Å². The second-order valence-corrected chi connectivity index (χ2v) is 3.82. The van der Waals surface area contributed by atoms with E-state index in [9.17, 15) is 9.18 Å². The van der Waals surface area contributed by atoms with Crippen LogP contribution in [0.15, 0.2) is 24.3 Å². The highest BCUT2D eigenvalue weighted by molar-refractivity contribution is 5.86. The molecule has 1 aliphatic carbocycles. The SMILES string of the molecule is O=C1CCCCC1c1cccc(F)c1. The van der Waals surface area contributed by atoms with Crippen LogP contribution in [-0.4, -0.2) is 5.78 Å². The van der Waals surface area contributed by atoms with E-state index < -0.39 is 0 Å². The van der Waals surface area contributed by atoms with Crippen LogP contribution in [0.2, 0.25) is 0 Å². The van der Waals surface area contributed by atoms with E-state index in [1.165, 1.54) is 12.1 Å². The molecule has 0 radical (unpaired) electrons. The Morgan fingerprint density at radius 2 is 2.14 bits per heavy atom. The molecular formula is C12H13FO. The van der Waals surface area contributed by atoms with Crippen LogP contribution >= 0.6 is 0 Å². The molecule has 1 fully saturated rings. The van der Waals surface area contributed by atoms with Gasteiger partial charge in [-0.15, -0.1) is 0 Å². The lowest BCUT2D eigenvalue weighted by Crippen LogP contribution is -2.16. The summed E-state index contributed by atoms with van der Waals surface area (Å²) in [5.41, 5.74) is 0.842. The van der Waals surface area contributed by atoms with Gasteiger partial charge in [0.25, 0.3) is 0 Å². The van der Waals surface area contributed by atoms with Gasteiger partial charge < -0.3 is 0 Å². The number of carbonyl (C=O) groups excluding carboxylic acids is 1. The first-order valence-electron chi connectivity index (χ1n) is 5.05. The van der Waals surface area contributed by atoms with E-state index in [2.05, 4.69) is 0 Å². The van der Waals surface area contributed by atoms with E-state index in [4.69, 9.17) is 0 Å². The number of rotatable bonds is 1. The van der Waals surface area contributed by atoms with Crippen molar-refractivity contribution in [2.45, 2.75) is 31.6 Å². The van der Waals surface area contributed by atoms with Gasteiger partial charge in [0, 0.05) is 12.3 Å². The minimum absolute atomic E-state index is 0.0561. The van der Waals surface area contributed by atoms with E-state index in [1.54, 1.807) is 6.07 Å². The first kappa shape index (κ1) is 9.38. The van der Waals surface area contributed by atoms with Gasteiger partial charge in [0.15, 0.2) is 0 Å². The van der Waals surface area contributed by atoms with Crippen LogP contribution in [0.4, 0.5) is 4.39 Å². The molecule has 2 heteroatoms. The van der Waals surface area contributed by atoms with E-state index in [-0.39, 0.29) is 17.5 Å². The van der Waals surface area contributed by atoms with Gasteiger partial charge in [-0.1, -0.05) is 18.6 Å². The minimum Gasteiger partial charge on any atom is -0.299 e. The summed E-state index contributed by atoms with van der Waals surface area (Å²) in [5.74, 6) is -0.0397. The third kappa shape index (κ3) is 1.84. The number of benzene rings is 1. The van der Waals surface area contributed by atoms with Gasteiger partial charge in [-0.3, -0.25) is 4.79 Å². The van der Waals surface area contributed by atoms with Crippen molar-refractivity contribution in [3.8, 4) is 0 Å². The summed E-state index contributed by atoms with van der Waals surface area (Å²) in [6.45, 7) is 0. The molecule has 2 rings (SSSR count). The fourth-order valence-corrected chi connectivity index (χ4v) is 2.06. The average Bonchev–Trinajstić information content (AvgIpc) is 2.18. The predicted octanol–water partition coefficient (Wildman–Crippen LogP) is 3.05. The molecular weight excluding hydrogens is 179 g/mol. The molecule has 0 aromatic heterocycles. The number of hydrogen-bond acceptors (Lipinski definition) is 1. The molecule has 1 aromatic carbocycles. The molecule has 0 heterocycles. The van der Waals surface area contributed by atoms with Crippen molar-refractivity contribution in [3.63, 3.8) is 0 Å². The summed E-state index contributed by atoms with van der Waals surface area (Å²) < 4.78 is 12.9. The summed E-state index contributed by atoms with van der Waals surface area (Å²) in [6, 6.07) is 6.41. The Morgan fingerprint density at radius 1 is 1.29 bits per heavy atom. The summed E-state index contributed by atoms with van der Waals surface area (Å²) in [7, 11) is 0. The molecule has 0 amide bonds. The van der Waals surface area contributed by atoms with Crippen LogP contribution in [0.1, 0.15) is 37.2 Å². The zero-order chi connectivity index (χ0) is 9.97. The van der Waals surface area contributed by atoms with Crippen LogP contribution in [0.3, 0.4) is 0 Å². The monoisotopic (exact) mass is 192 g/mol. The molecule has 74 valence electrons. The Morgan fingerprint density at radius 3 is 2.86 bits per heavy atom. The quantitative estimate of drug-likeness (QED) is 0.668. The molecule has 1 atom stereocenters. The maximum absolute atomic E-state index is 12.9. The molecule has 1 nitrogen and oxygen atoms in total. The zero-order valence-electron chi connectivity index (χ0n) is 8.00. The molecule has 0 N–H and O–H groups in total. The summed E-state index contributed by atoms with van der Waals surface area (Å²) in [4.78, 5) is 11.6. The molecule has 0 spiro atoms. The third-order valence-electron chi connectivity index (χ3n) is 2.81. The lowest BCUT2D eigenvalue weighted by atomic mass is 9.83. The number of hydrogen-bond donors (Lipinski definition) is 0. The Balaban J connectivity index is 2.24. The van der Waals surface area contributed by atoms with E-state index in [0.29, 0.717) is 6.42 Å². The van der Waals surface area contributed by atoms with Gasteiger partial charge >= 0.3 is 0 Å². The largest absolute Gasteiger partial charge is 0.299 e. The van der Waals surface area contributed by atoms with Crippen molar-refractivity contribution in [2.24, 2.45) is 0 Å². The number of ketones is 1. The van der Waals surface area contributed by atoms with Crippen molar-refractivity contribution in [1.29, 1.82) is 0 Å². The van der Waals surface area contributed by atoms with Gasteiger partial charge in [-0.2, -0.15) is 0 Å². The van der Waals surface area contributed by atoms with Crippen LogP contribution < -0.4 is 0 Å². The first-order valence-corrected chi connectivity index (χ1v) is 5.05. The Kier molecular flexibility index (Phi) is 2.62. The molecule has 1 unspecified atom stereocenters. The summed E-state index contributed by atoms with van der Waals surface area (Å²) in [5, 5.41) is 0. The van der Waals surface area contributed by atoms with Crippen LogP contribution in [0.25, 0.3) is 0 Å². The maximum atomic E-state index is 12.9. The molecule has 0 aliphatic heterocycles. The molecule has 0 bridgehead atoms. The lowest BCUT2D eigenvalue weighted by molar-refractivity contribution is -0.121. The Labute approximate surface area is 82.9 Å². The average molecular weight is 192 g/mol. The predicted molar refractivity (Wildman–Crippen MR) is 52.6 cm³/mol. The zero-order valence-corrected chi connectivity index (χ0v) is 8.00. The number of carbonyl (C=O) groups is 1. The summed E-state index contributed by atoms with van der Waals surface area (Å²) >= 11 is 0. The van der Waals surface area contributed by atoms with E-state index in [0.717, 1.165) is 24.8 Å². The maximum Gasteiger partial charge on any atom is 0.140 e. The molecule has 0 saturated heterocycles. The Hall–Kier alpha value is -1.18. The van der Waals surface area contributed by atoms with Crippen LogP contribution in [-0.2, 0) is 4.79 Å². The minimum atomic E-state index is -0.249. The second kappa shape index (κ2) is 3.91. The first-order chi connectivity index (χ1) is 6.77. The van der Waals surface area contributed by atoms with Gasteiger partial charge in [-0.05, 0) is 30.5 Å². The number of Topliss-reactive ketones (excluding diaryl/α,β-unsaturated/α-hetero) is 1. The topological polar surface area (TPSA) is 17.1 Å². The van der Waals surface area contributed by atoms with Crippen molar-refractivity contribution < 1.29 is 9.18 Å². The molecule has 1 saturated carbocycles. The van der Waals surface area contributed by atoms with Crippen LogP contribution in [0, 0.1) is 5.82 Å². The lowest BCUT2D eigenvalue weighted by Gasteiger charge is -2.20. The fraction of sp³-hybridized carbons (Fsp3) is 0.417. The highest BCUT2D eigenvalue weighted by Gasteiger charge is 2.23. The third-order valence-corrected chi connectivity index (χ3v) is 2.81. The van der Waals surface area contributed by atoms with Gasteiger partial charge in [0.05, 0.1) is 0 Å². The standard InChI is InChI=1S/C12H13FO/c13-10-5-3-4-9(8-10)11-6-1-2-7-12(11)14/h3-5,8,11H,1-2,6-7H2. The smallest absolute Gasteiger partial charge is 0.140 e. The molecule has 14 heavy (non-hydrogen) atoms. The fourth-order valence-electron chi connectivity index (χ4n) is 2.06.